The molecule has 2 bridgehead atoms. The third kappa shape index (κ3) is 2.98. The Hall–Kier alpha value is -2.03. The first-order chi connectivity index (χ1) is 12.4. The Balaban J connectivity index is 1.55. The van der Waals surface area contributed by atoms with Gasteiger partial charge in [0.2, 0.25) is 6.29 Å². The van der Waals surface area contributed by atoms with Crippen molar-refractivity contribution in [2.24, 2.45) is 7.05 Å². The minimum atomic E-state index is -0.721. The van der Waals surface area contributed by atoms with E-state index in [1.165, 1.54) is 11.1 Å². The van der Waals surface area contributed by atoms with E-state index < -0.39 is 6.29 Å². The summed E-state index contributed by atoms with van der Waals surface area (Å²) in [6.07, 6.45) is -0.604. The van der Waals surface area contributed by atoms with Crippen LogP contribution in [-0.2, 0) is 27.9 Å². The van der Waals surface area contributed by atoms with E-state index in [1.54, 1.807) is 4.68 Å². The van der Waals surface area contributed by atoms with E-state index in [0.717, 1.165) is 5.75 Å². The van der Waals surface area contributed by atoms with Gasteiger partial charge in [0.1, 0.15) is 18.5 Å². The highest BCUT2D eigenvalue weighted by atomic mass is 32.1. The van der Waals surface area contributed by atoms with Crippen LogP contribution in [0.3, 0.4) is 0 Å². The van der Waals surface area contributed by atoms with Gasteiger partial charge in [0.25, 0.3) is 0 Å². The monoisotopic (exact) mass is 375 g/mol. The fraction of sp³-hybridized carbons (Fsp3) is 0.500. The molecule has 3 atom stereocenters. The van der Waals surface area contributed by atoms with Crippen molar-refractivity contribution in [1.82, 2.24) is 14.3 Å². The van der Waals surface area contributed by atoms with Gasteiger partial charge in [-0.1, -0.05) is 6.07 Å². The Bertz CT molecular complexity index is 920. The Kier molecular flexibility index (Phi) is 4.42. The Morgan fingerprint density at radius 1 is 1.35 bits per heavy atom. The van der Waals surface area contributed by atoms with Crippen LogP contribution in [0.2, 0.25) is 0 Å². The molecule has 2 aromatic rings. The number of benzene rings is 1. The van der Waals surface area contributed by atoms with Gasteiger partial charge in [0, 0.05) is 13.5 Å². The van der Waals surface area contributed by atoms with Crippen molar-refractivity contribution in [2.45, 2.75) is 45.3 Å². The van der Waals surface area contributed by atoms with E-state index in [2.05, 4.69) is 18.9 Å². The zero-order valence-electron chi connectivity index (χ0n) is 15.0. The maximum Gasteiger partial charge on any atom is 0.218 e. The van der Waals surface area contributed by atoms with E-state index in [4.69, 9.17) is 26.4 Å². The summed E-state index contributed by atoms with van der Waals surface area (Å²) in [6.45, 7) is 4.79. The van der Waals surface area contributed by atoms with Crippen molar-refractivity contribution in [2.75, 3.05) is 6.61 Å². The van der Waals surface area contributed by atoms with Crippen molar-refractivity contribution in [3.8, 4) is 5.75 Å². The van der Waals surface area contributed by atoms with Crippen LogP contribution < -0.4 is 4.74 Å². The number of ketones is 1. The summed E-state index contributed by atoms with van der Waals surface area (Å²) in [4.78, 5) is 12.1. The molecule has 0 unspecified atom stereocenters. The summed E-state index contributed by atoms with van der Waals surface area (Å²) in [5, 5.41) is 4.60. The molecule has 0 aliphatic carbocycles. The highest BCUT2D eigenvalue weighted by Gasteiger charge is 2.45. The van der Waals surface area contributed by atoms with Gasteiger partial charge in [-0.25, -0.2) is 4.68 Å². The summed E-state index contributed by atoms with van der Waals surface area (Å²) < 4.78 is 20.9. The number of carbonyl (C=O) groups excluding carboxylic acids is 1. The van der Waals surface area contributed by atoms with Crippen LogP contribution in [0.5, 0.6) is 5.75 Å². The molecule has 0 saturated carbocycles. The lowest BCUT2D eigenvalue weighted by Gasteiger charge is -2.26. The molecule has 4 rings (SSSR count). The molecule has 0 spiro atoms. The fourth-order valence-corrected chi connectivity index (χ4v) is 3.54. The largest absolute Gasteiger partial charge is 0.486 e. The summed E-state index contributed by atoms with van der Waals surface area (Å²) in [5.41, 5.74) is 2.40. The molecule has 2 fully saturated rings. The molecule has 2 saturated heterocycles. The Labute approximate surface area is 156 Å². The number of nitrogens with zero attached hydrogens (tertiary/aromatic N) is 3. The fourth-order valence-electron chi connectivity index (χ4n) is 3.26. The van der Waals surface area contributed by atoms with Gasteiger partial charge in [0.05, 0.1) is 12.6 Å². The molecule has 1 aromatic heterocycles. The molecule has 7 nitrogen and oxygen atoms in total. The van der Waals surface area contributed by atoms with Crippen molar-refractivity contribution in [3.05, 3.63) is 39.9 Å². The molecule has 0 amide bonds. The van der Waals surface area contributed by atoms with Gasteiger partial charge in [-0.2, -0.15) is 5.10 Å². The SMILES string of the molecule is Cc1ccc(OCc2nn([C@@H]3CC(=O)[C@H]4OC[C@H]3O4)c(=S)n2C)cc1C. The van der Waals surface area contributed by atoms with E-state index in [1.807, 2.05) is 29.8 Å². The van der Waals surface area contributed by atoms with Crippen LogP contribution >= 0.6 is 12.2 Å². The summed E-state index contributed by atoms with van der Waals surface area (Å²) in [5.74, 6) is 1.42. The molecule has 26 heavy (non-hydrogen) atoms. The first kappa shape index (κ1) is 17.4. The second-order valence-electron chi connectivity index (χ2n) is 6.81. The van der Waals surface area contributed by atoms with Crippen LogP contribution in [0.15, 0.2) is 18.2 Å². The Morgan fingerprint density at radius 2 is 2.15 bits per heavy atom. The number of fused-ring (bicyclic) bond motifs is 2. The first-order valence-corrected chi connectivity index (χ1v) is 8.99. The van der Waals surface area contributed by atoms with Gasteiger partial charge >= 0.3 is 0 Å². The number of aromatic nitrogens is 3. The molecule has 1 aromatic carbocycles. The van der Waals surface area contributed by atoms with Crippen LogP contribution in [0.4, 0.5) is 0 Å². The number of Topliss-reactive ketones (excluding diaryl/α,β-unsaturated/α-hetero) is 1. The standard InChI is InChI=1S/C18H21N3O4S/c1-10-4-5-12(6-11(10)2)23-9-16-19-21(18(26)20(16)3)13-7-14(22)17-24-8-15(13)25-17/h4-6,13,15,17H,7-9H2,1-3H3/t13-,15-,17+/m1/s1. The molecule has 8 heteroatoms. The van der Waals surface area contributed by atoms with Gasteiger partial charge in [-0.05, 0) is 49.3 Å². The predicted octanol–water partition coefficient (Wildman–Crippen LogP) is 2.40. The zero-order valence-corrected chi connectivity index (χ0v) is 15.8. The number of aryl methyl sites for hydroxylation is 2. The van der Waals surface area contributed by atoms with Crippen LogP contribution in [0, 0.1) is 18.6 Å². The van der Waals surface area contributed by atoms with Crippen molar-refractivity contribution in [3.63, 3.8) is 0 Å². The smallest absolute Gasteiger partial charge is 0.218 e. The van der Waals surface area contributed by atoms with Crippen LogP contribution in [-0.4, -0.2) is 39.1 Å². The van der Waals surface area contributed by atoms with Gasteiger partial charge < -0.3 is 18.8 Å². The average molecular weight is 375 g/mol. The molecule has 138 valence electrons. The minimum absolute atomic E-state index is 0.0655. The number of carbonyl (C=O) groups is 1. The average Bonchev–Trinajstić information content (AvgIpc) is 3.17. The normalized spacial score (nSPS) is 24.9. The van der Waals surface area contributed by atoms with Gasteiger partial charge in [-0.15, -0.1) is 0 Å². The molecular weight excluding hydrogens is 354 g/mol. The second-order valence-corrected chi connectivity index (χ2v) is 7.18. The highest BCUT2D eigenvalue weighted by molar-refractivity contribution is 7.71. The van der Waals surface area contributed by atoms with Gasteiger partial charge in [-0.3, -0.25) is 4.79 Å². The zero-order chi connectivity index (χ0) is 18.4. The van der Waals surface area contributed by atoms with E-state index >= 15 is 0 Å². The summed E-state index contributed by atoms with van der Waals surface area (Å²) in [6, 6.07) is 5.74. The third-order valence-electron chi connectivity index (χ3n) is 5.07. The third-order valence-corrected chi connectivity index (χ3v) is 5.53. The summed E-state index contributed by atoms with van der Waals surface area (Å²) in [7, 11) is 1.85. The van der Waals surface area contributed by atoms with Crippen molar-refractivity contribution >= 4 is 18.0 Å². The second kappa shape index (κ2) is 6.61. The number of hydrogen-bond donors (Lipinski definition) is 0. The molecule has 3 heterocycles. The molecule has 2 aliphatic rings. The number of rotatable bonds is 4. The van der Waals surface area contributed by atoms with Crippen molar-refractivity contribution < 1.29 is 19.0 Å². The lowest BCUT2D eigenvalue weighted by molar-refractivity contribution is -0.156. The van der Waals surface area contributed by atoms with Crippen molar-refractivity contribution in [1.29, 1.82) is 0 Å². The molecule has 0 radical (unpaired) electrons. The van der Waals surface area contributed by atoms with Crippen LogP contribution in [0.1, 0.15) is 29.4 Å². The topological polar surface area (TPSA) is 67.5 Å². The first-order valence-electron chi connectivity index (χ1n) is 8.58. The summed E-state index contributed by atoms with van der Waals surface area (Å²) >= 11 is 5.52. The quantitative estimate of drug-likeness (QED) is 0.765. The lowest BCUT2D eigenvalue weighted by Crippen LogP contribution is -2.37. The van der Waals surface area contributed by atoms with Gasteiger partial charge in [0.15, 0.2) is 16.4 Å². The van der Waals surface area contributed by atoms with E-state index in [-0.39, 0.29) is 17.9 Å². The molecular formula is C18H21N3O4S. The Morgan fingerprint density at radius 3 is 2.92 bits per heavy atom. The van der Waals surface area contributed by atoms with E-state index in [9.17, 15) is 4.79 Å². The molecule has 2 aliphatic heterocycles. The van der Waals surface area contributed by atoms with E-state index in [0.29, 0.717) is 30.2 Å². The minimum Gasteiger partial charge on any atom is -0.486 e. The predicted molar refractivity (Wildman–Crippen MR) is 95.6 cm³/mol. The maximum absolute atomic E-state index is 12.1. The molecule has 0 N–H and O–H groups in total. The number of ether oxygens (including phenoxy) is 3. The maximum atomic E-state index is 12.1. The lowest BCUT2D eigenvalue weighted by atomic mass is 10.0. The highest BCUT2D eigenvalue weighted by Crippen LogP contribution is 2.33. The number of hydrogen-bond acceptors (Lipinski definition) is 6. The van der Waals surface area contributed by atoms with Crippen LogP contribution in [0.25, 0.3) is 0 Å².